The molecule has 20 heavy (non-hydrogen) atoms. The first kappa shape index (κ1) is 13.9. The Morgan fingerprint density at radius 2 is 2.15 bits per heavy atom. The van der Waals surface area contributed by atoms with Gasteiger partial charge < -0.3 is 15.0 Å². The highest BCUT2D eigenvalue weighted by Crippen LogP contribution is 2.14. The van der Waals surface area contributed by atoms with Crippen LogP contribution in [0.15, 0.2) is 40.1 Å². The molecule has 0 unspecified atom stereocenters. The molecule has 0 saturated heterocycles. The van der Waals surface area contributed by atoms with Gasteiger partial charge in [0.2, 0.25) is 0 Å². The topological polar surface area (TPSA) is 90.1 Å². The number of nitrogens with two attached hydrogens (primary N) is 1. The summed E-state index contributed by atoms with van der Waals surface area (Å²) < 4.78 is 7.01. The van der Waals surface area contributed by atoms with Crippen LogP contribution >= 0.6 is 0 Å². The number of nitrogen functional groups attached to an aromatic ring is 1. The zero-order valence-electron chi connectivity index (χ0n) is 11.3. The van der Waals surface area contributed by atoms with Crippen molar-refractivity contribution >= 4 is 5.69 Å². The monoisotopic (exact) mass is 275 g/mol. The van der Waals surface area contributed by atoms with E-state index in [2.05, 4.69) is 4.98 Å². The van der Waals surface area contributed by atoms with Gasteiger partial charge in [0.1, 0.15) is 5.75 Å². The van der Waals surface area contributed by atoms with Gasteiger partial charge in [0.25, 0.3) is 5.56 Å². The van der Waals surface area contributed by atoms with E-state index < -0.39 is 5.69 Å². The van der Waals surface area contributed by atoms with Gasteiger partial charge in [-0.1, -0.05) is 6.07 Å². The number of aryl methyl sites for hydroxylation is 2. The van der Waals surface area contributed by atoms with Crippen LogP contribution in [0.1, 0.15) is 12.0 Å². The quantitative estimate of drug-likeness (QED) is 0.626. The Balaban J connectivity index is 1.89. The number of hydrogen-bond acceptors (Lipinski definition) is 4. The summed E-state index contributed by atoms with van der Waals surface area (Å²) in [6.45, 7) is 2.62. The maximum Gasteiger partial charge on any atom is 0.328 e. The van der Waals surface area contributed by atoms with E-state index in [4.69, 9.17) is 10.5 Å². The van der Waals surface area contributed by atoms with Gasteiger partial charge in [-0.05, 0) is 25.5 Å². The number of rotatable bonds is 5. The van der Waals surface area contributed by atoms with Crippen LogP contribution in [0.2, 0.25) is 0 Å². The third-order valence-electron chi connectivity index (χ3n) is 2.86. The zero-order chi connectivity index (χ0) is 14.5. The highest BCUT2D eigenvalue weighted by atomic mass is 16.5. The molecule has 0 aliphatic heterocycles. The molecule has 0 aliphatic rings. The van der Waals surface area contributed by atoms with Crippen LogP contribution in [-0.4, -0.2) is 16.2 Å². The Hall–Kier alpha value is -2.50. The van der Waals surface area contributed by atoms with Crippen molar-refractivity contribution in [3.8, 4) is 5.75 Å². The molecule has 1 aromatic heterocycles. The molecular weight excluding hydrogens is 258 g/mol. The number of nitrogens with zero attached hydrogens (tertiary/aromatic N) is 1. The molecule has 0 aliphatic carbocycles. The van der Waals surface area contributed by atoms with Crippen LogP contribution in [0, 0.1) is 6.92 Å². The molecular formula is C14H17N3O3. The van der Waals surface area contributed by atoms with E-state index in [1.807, 2.05) is 12.1 Å². The highest BCUT2D eigenvalue weighted by Gasteiger charge is 2.01. The Morgan fingerprint density at radius 1 is 1.35 bits per heavy atom. The number of hydrogen-bond donors (Lipinski definition) is 2. The van der Waals surface area contributed by atoms with Gasteiger partial charge in [-0.25, -0.2) is 4.79 Å². The molecule has 0 atom stereocenters. The summed E-state index contributed by atoms with van der Waals surface area (Å²) in [5.41, 5.74) is 6.06. The molecule has 0 radical (unpaired) electrons. The largest absolute Gasteiger partial charge is 0.493 e. The highest BCUT2D eigenvalue weighted by molar-refractivity contribution is 5.43. The Kier molecular flexibility index (Phi) is 4.24. The lowest BCUT2D eigenvalue weighted by molar-refractivity contribution is 0.300. The molecule has 0 spiro atoms. The number of nitrogens with one attached hydrogen (secondary N) is 1. The average Bonchev–Trinajstić information content (AvgIpc) is 2.40. The standard InChI is InChI=1S/C14H17N3O3/c1-10-9-17(14(19)16-13(10)18)6-3-7-20-12-5-2-4-11(15)8-12/h2,4-5,8-9H,3,6-7,15H2,1H3,(H,16,18,19). The molecule has 0 bridgehead atoms. The van der Waals surface area contributed by atoms with Crippen LogP contribution in [0.3, 0.4) is 0 Å². The number of H-pyrrole nitrogens is 1. The molecule has 0 fully saturated rings. The zero-order valence-corrected chi connectivity index (χ0v) is 11.3. The first-order valence-corrected chi connectivity index (χ1v) is 6.35. The predicted molar refractivity (Wildman–Crippen MR) is 77.0 cm³/mol. The molecule has 3 N–H and O–H groups in total. The van der Waals surface area contributed by atoms with Gasteiger partial charge in [0.05, 0.1) is 6.61 Å². The molecule has 106 valence electrons. The minimum absolute atomic E-state index is 0.345. The lowest BCUT2D eigenvalue weighted by atomic mass is 10.3. The van der Waals surface area contributed by atoms with Gasteiger partial charge >= 0.3 is 5.69 Å². The summed E-state index contributed by atoms with van der Waals surface area (Å²) in [4.78, 5) is 25.1. The molecule has 2 aromatic rings. The second kappa shape index (κ2) is 6.10. The minimum Gasteiger partial charge on any atom is -0.493 e. The summed E-state index contributed by atoms with van der Waals surface area (Å²) in [5.74, 6) is 0.704. The lowest BCUT2D eigenvalue weighted by Crippen LogP contribution is -2.31. The van der Waals surface area contributed by atoms with Crippen LogP contribution in [0.25, 0.3) is 0 Å². The molecule has 2 rings (SSSR count). The molecule has 0 saturated carbocycles. The summed E-state index contributed by atoms with van der Waals surface area (Å²) in [7, 11) is 0. The number of anilines is 1. The van der Waals surface area contributed by atoms with Crippen molar-refractivity contribution in [3.63, 3.8) is 0 Å². The summed E-state index contributed by atoms with van der Waals surface area (Å²) in [6, 6.07) is 7.18. The molecule has 6 nitrogen and oxygen atoms in total. The van der Waals surface area contributed by atoms with Crippen molar-refractivity contribution in [2.45, 2.75) is 19.9 Å². The summed E-state index contributed by atoms with van der Waals surface area (Å²) in [6.07, 6.45) is 2.21. The smallest absolute Gasteiger partial charge is 0.328 e. The lowest BCUT2D eigenvalue weighted by Gasteiger charge is -2.08. The fraction of sp³-hybridized carbons (Fsp3) is 0.286. The van der Waals surface area contributed by atoms with Crippen LogP contribution < -0.4 is 21.7 Å². The third-order valence-corrected chi connectivity index (χ3v) is 2.86. The second-order valence-corrected chi connectivity index (χ2v) is 4.54. The first-order chi connectivity index (χ1) is 9.56. The summed E-state index contributed by atoms with van der Waals surface area (Å²) >= 11 is 0. The molecule has 6 heteroatoms. The fourth-order valence-corrected chi connectivity index (χ4v) is 1.81. The predicted octanol–water partition coefficient (Wildman–Crippen LogP) is 0.896. The average molecular weight is 275 g/mol. The van der Waals surface area contributed by atoms with E-state index in [1.54, 1.807) is 25.3 Å². The van der Waals surface area contributed by atoms with Crippen LogP contribution in [0.4, 0.5) is 5.69 Å². The van der Waals surface area contributed by atoms with E-state index in [0.29, 0.717) is 36.6 Å². The number of ether oxygens (including phenoxy) is 1. The van der Waals surface area contributed by atoms with Gasteiger partial charge in [-0.3, -0.25) is 9.78 Å². The normalized spacial score (nSPS) is 10.4. The maximum atomic E-state index is 11.6. The van der Waals surface area contributed by atoms with Crippen molar-refractivity contribution in [2.75, 3.05) is 12.3 Å². The first-order valence-electron chi connectivity index (χ1n) is 6.35. The van der Waals surface area contributed by atoms with Crippen molar-refractivity contribution < 1.29 is 4.74 Å². The second-order valence-electron chi connectivity index (χ2n) is 4.54. The number of aromatic nitrogens is 2. The summed E-state index contributed by atoms with van der Waals surface area (Å²) in [5, 5.41) is 0. The Bertz CT molecular complexity index is 703. The van der Waals surface area contributed by atoms with E-state index in [-0.39, 0.29) is 5.56 Å². The van der Waals surface area contributed by atoms with E-state index >= 15 is 0 Å². The van der Waals surface area contributed by atoms with Crippen LogP contribution in [-0.2, 0) is 6.54 Å². The van der Waals surface area contributed by atoms with E-state index in [1.165, 1.54) is 4.57 Å². The van der Waals surface area contributed by atoms with Gasteiger partial charge in [0.15, 0.2) is 0 Å². The van der Waals surface area contributed by atoms with Crippen LogP contribution in [0.5, 0.6) is 5.75 Å². The van der Waals surface area contributed by atoms with Crippen molar-refractivity contribution in [3.05, 3.63) is 56.9 Å². The van der Waals surface area contributed by atoms with E-state index in [0.717, 1.165) is 0 Å². The molecule has 1 heterocycles. The Labute approximate surface area is 115 Å². The van der Waals surface area contributed by atoms with Gasteiger partial charge in [-0.2, -0.15) is 0 Å². The van der Waals surface area contributed by atoms with Crippen molar-refractivity contribution in [1.29, 1.82) is 0 Å². The SMILES string of the molecule is Cc1cn(CCCOc2cccc(N)c2)c(=O)[nH]c1=O. The van der Waals surface area contributed by atoms with Gasteiger partial charge in [-0.15, -0.1) is 0 Å². The Morgan fingerprint density at radius 3 is 2.90 bits per heavy atom. The molecule has 0 amide bonds. The van der Waals surface area contributed by atoms with Crippen molar-refractivity contribution in [2.24, 2.45) is 0 Å². The minimum atomic E-state index is -0.399. The number of aromatic amines is 1. The van der Waals surface area contributed by atoms with E-state index in [9.17, 15) is 9.59 Å². The third kappa shape index (κ3) is 3.50. The maximum absolute atomic E-state index is 11.6. The van der Waals surface area contributed by atoms with Crippen molar-refractivity contribution in [1.82, 2.24) is 9.55 Å². The molecule has 1 aromatic carbocycles. The number of benzene rings is 1. The fourth-order valence-electron chi connectivity index (χ4n) is 1.81. The van der Waals surface area contributed by atoms with Gasteiger partial charge in [0, 0.05) is 30.1 Å².